The van der Waals surface area contributed by atoms with Gasteiger partial charge in [-0.1, -0.05) is 24.3 Å². The molecule has 0 bridgehead atoms. The van der Waals surface area contributed by atoms with Gasteiger partial charge in [-0.25, -0.2) is 4.98 Å². The molecule has 0 amide bonds. The number of H-pyrrole nitrogens is 1. The van der Waals surface area contributed by atoms with Crippen molar-refractivity contribution in [2.45, 2.75) is 33.7 Å². The van der Waals surface area contributed by atoms with Gasteiger partial charge in [-0.2, -0.15) is 5.10 Å². The summed E-state index contributed by atoms with van der Waals surface area (Å²) >= 11 is 1.74. The SMILES string of the molecule is Cc1n[nH]c(C)c1CCNCc1cc2cccc(C)c2nc1-c1cccs1. The van der Waals surface area contributed by atoms with Crippen molar-refractivity contribution in [1.82, 2.24) is 20.5 Å². The zero-order valence-electron chi connectivity index (χ0n) is 16.0. The Hall–Kier alpha value is -2.50. The molecule has 5 heteroatoms. The van der Waals surface area contributed by atoms with Gasteiger partial charge in [0, 0.05) is 17.6 Å². The Labute approximate surface area is 163 Å². The fraction of sp³-hybridized carbons (Fsp3) is 0.273. The summed E-state index contributed by atoms with van der Waals surface area (Å²) in [7, 11) is 0. The van der Waals surface area contributed by atoms with Gasteiger partial charge >= 0.3 is 0 Å². The van der Waals surface area contributed by atoms with Crippen LogP contribution >= 0.6 is 11.3 Å². The van der Waals surface area contributed by atoms with Crippen LogP contribution in [0.4, 0.5) is 0 Å². The highest BCUT2D eigenvalue weighted by Crippen LogP contribution is 2.30. The number of hydrogen-bond donors (Lipinski definition) is 2. The molecule has 0 saturated heterocycles. The van der Waals surface area contributed by atoms with Crippen LogP contribution in [0.3, 0.4) is 0 Å². The second-order valence-electron chi connectivity index (χ2n) is 6.96. The Morgan fingerprint density at radius 2 is 2.00 bits per heavy atom. The fourth-order valence-corrected chi connectivity index (χ4v) is 4.28. The Balaban J connectivity index is 1.57. The van der Waals surface area contributed by atoms with Crippen molar-refractivity contribution in [3.05, 3.63) is 69.9 Å². The predicted octanol–water partition coefficient (Wildman–Crippen LogP) is 4.94. The molecule has 138 valence electrons. The topological polar surface area (TPSA) is 53.6 Å². The summed E-state index contributed by atoms with van der Waals surface area (Å²) in [6.07, 6.45) is 0.975. The fourth-order valence-electron chi connectivity index (χ4n) is 3.53. The standard InChI is InChI=1S/C22H24N4S/c1-14-6-4-7-17-12-18(22(24-21(14)17)20-8-5-11-27-20)13-23-10-9-19-15(2)25-26-16(19)3/h4-8,11-12,23H,9-10,13H2,1-3H3,(H,25,26). The van der Waals surface area contributed by atoms with E-state index in [0.717, 1.165) is 42.1 Å². The van der Waals surface area contributed by atoms with Gasteiger partial charge in [-0.15, -0.1) is 11.3 Å². The van der Waals surface area contributed by atoms with Crippen molar-refractivity contribution in [2.24, 2.45) is 0 Å². The number of rotatable bonds is 6. The smallest absolute Gasteiger partial charge is 0.0854 e. The van der Waals surface area contributed by atoms with Gasteiger partial charge in [-0.3, -0.25) is 5.10 Å². The number of aryl methyl sites for hydroxylation is 3. The first-order valence-corrected chi connectivity index (χ1v) is 10.2. The molecular weight excluding hydrogens is 352 g/mol. The van der Waals surface area contributed by atoms with E-state index in [2.05, 4.69) is 78.1 Å². The summed E-state index contributed by atoms with van der Waals surface area (Å²) in [5.74, 6) is 0. The molecule has 0 aliphatic heterocycles. The minimum atomic E-state index is 0.806. The molecule has 0 aliphatic carbocycles. The van der Waals surface area contributed by atoms with Crippen LogP contribution in [0.2, 0.25) is 0 Å². The van der Waals surface area contributed by atoms with E-state index < -0.39 is 0 Å². The number of hydrogen-bond acceptors (Lipinski definition) is 4. The van der Waals surface area contributed by atoms with Crippen LogP contribution in [0, 0.1) is 20.8 Å². The van der Waals surface area contributed by atoms with Crippen LogP contribution in [0.15, 0.2) is 41.8 Å². The second kappa shape index (κ2) is 7.62. The molecule has 0 spiro atoms. The molecule has 0 fully saturated rings. The normalized spacial score (nSPS) is 11.4. The van der Waals surface area contributed by atoms with E-state index in [-0.39, 0.29) is 0 Å². The molecule has 0 unspecified atom stereocenters. The number of pyridine rings is 1. The summed E-state index contributed by atoms with van der Waals surface area (Å²) < 4.78 is 0. The molecule has 2 N–H and O–H groups in total. The van der Waals surface area contributed by atoms with Crippen molar-refractivity contribution in [3.8, 4) is 10.6 Å². The van der Waals surface area contributed by atoms with Gasteiger partial charge in [0.05, 0.1) is 21.8 Å². The Bertz CT molecular complexity index is 1040. The maximum absolute atomic E-state index is 5.03. The zero-order chi connectivity index (χ0) is 18.8. The molecule has 4 aromatic rings. The number of benzene rings is 1. The highest BCUT2D eigenvalue weighted by Gasteiger charge is 2.12. The highest BCUT2D eigenvalue weighted by atomic mass is 32.1. The molecule has 0 radical (unpaired) electrons. The minimum absolute atomic E-state index is 0.806. The van der Waals surface area contributed by atoms with Crippen LogP contribution in [0.5, 0.6) is 0 Å². The van der Waals surface area contributed by atoms with Crippen molar-refractivity contribution in [1.29, 1.82) is 0 Å². The van der Waals surface area contributed by atoms with E-state index in [1.807, 2.05) is 0 Å². The van der Waals surface area contributed by atoms with Crippen LogP contribution in [0.1, 0.15) is 28.1 Å². The highest BCUT2D eigenvalue weighted by molar-refractivity contribution is 7.13. The number of para-hydroxylation sites is 1. The molecule has 0 atom stereocenters. The maximum Gasteiger partial charge on any atom is 0.0854 e. The first-order valence-electron chi connectivity index (χ1n) is 9.28. The molecule has 0 aliphatic rings. The van der Waals surface area contributed by atoms with E-state index in [1.165, 1.54) is 27.0 Å². The van der Waals surface area contributed by atoms with Gasteiger partial charge < -0.3 is 5.32 Å². The van der Waals surface area contributed by atoms with E-state index in [9.17, 15) is 0 Å². The van der Waals surface area contributed by atoms with E-state index in [0.29, 0.717) is 0 Å². The molecule has 1 aromatic carbocycles. The molecular formula is C22H24N4S. The summed E-state index contributed by atoms with van der Waals surface area (Å²) in [4.78, 5) is 6.25. The van der Waals surface area contributed by atoms with Crippen molar-refractivity contribution >= 4 is 22.2 Å². The average Bonchev–Trinajstić information content (AvgIpc) is 3.30. The molecule has 3 aromatic heterocycles. The summed E-state index contributed by atoms with van der Waals surface area (Å²) in [6, 6.07) is 12.9. The number of aromatic nitrogens is 3. The summed E-state index contributed by atoms with van der Waals surface area (Å²) in [6.45, 7) is 7.99. The zero-order valence-corrected chi connectivity index (χ0v) is 16.8. The summed E-state index contributed by atoms with van der Waals surface area (Å²) in [5, 5.41) is 14.3. The first-order chi connectivity index (χ1) is 13.1. The van der Waals surface area contributed by atoms with E-state index in [4.69, 9.17) is 4.98 Å². The molecule has 27 heavy (non-hydrogen) atoms. The molecule has 4 rings (SSSR count). The number of nitrogens with one attached hydrogen (secondary N) is 2. The third-order valence-corrected chi connectivity index (χ3v) is 5.91. The van der Waals surface area contributed by atoms with Crippen LogP contribution in [-0.4, -0.2) is 21.7 Å². The predicted molar refractivity (Wildman–Crippen MR) is 113 cm³/mol. The molecule has 4 nitrogen and oxygen atoms in total. The van der Waals surface area contributed by atoms with Gasteiger partial charge in [0.25, 0.3) is 0 Å². The number of nitrogens with zero attached hydrogens (tertiary/aromatic N) is 2. The van der Waals surface area contributed by atoms with Crippen molar-refractivity contribution < 1.29 is 0 Å². The molecule has 3 heterocycles. The van der Waals surface area contributed by atoms with Crippen molar-refractivity contribution in [3.63, 3.8) is 0 Å². The van der Waals surface area contributed by atoms with Crippen molar-refractivity contribution in [2.75, 3.05) is 6.54 Å². The van der Waals surface area contributed by atoms with Crippen LogP contribution in [0.25, 0.3) is 21.5 Å². The van der Waals surface area contributed by atoms with E-state index in [1.54, 1.807) is 11.3 Å². The maximum atomic E-state index is 5.03. The Kier molecular flexibility index (Phi) is 5.05. The van der Waals surface area contributed by atoms with Crippen LogP contribution < -0.4 is 5.32 Å². The van der Waals surface area contributed by atoms with E-state index >= 15 is 0 Å². The Morgan fingerprint density at radius 1 is 1.11 bits per heavy atom. The lowest BCUT2D eigenvalue weighted by atomic mass is 10.0. The number of thiophene rings is 1. The third-order valence-electron chi connectivity index (χ3n) is 5.03. The summed E-state index contributed by atoms with van der Waals surface area (Å²) in [5.41, 5.74) is 8.22. The average molecular weight is 377 g/mol. The molecule has 0 saturated carbocycles. The number of aromatic amines is 1. The van der Waals surface area contributed by atoms with Gasteiger partial charge in [0.1, 0.15) is 0 Å². The number of fused-ring (bicyclic) bond motifs is 1. The van der Waals surface area contributed by atoms with Crippen LogP contribution in [-0.2, 0) is 13.0 Å². The monoisotopic (exact) mass is 376 g/mol. The second-order valence-corrected chi connectivity index (χ2v) is 7.91. The van der Waals surface area contributed by atoms with Gasteiger partial charge in [0.2, 0.25) is 0 Å². The lowest BCUT2D eigenvalue weighted by Gasteiger charge is -2.12. The van der Waals surface area contributed by atoms with Gasteiger partial charge in [0.15, 0.2) is 0 Å². The first kappa shape index (κ1) is 17.9. The van der Waals surface area contributed by atoms with Gasteiger partial charge in [-0.05, 0) is 67.9 Å². The minimum Gasteiger partial charge on any atom is -0.312 e. The Morgan fingerprint density at radius 3 is 2.74 bits per heavy atom. The third kappa shape index (κ3) is 3.66. The quantitative estimate of drug-likeness (QED) is 0.469. The largest absolute Gasteiger partial charge is 0.312 e. The lowest BCUT2D eigenvalue weighted by Crippen LogP contribution is -2.18. The lowest BCUT2D eigenvalue weighted by molar-refractivity contribution is 0.684.